The lowest BCUT2D eigenvalue weighted by Gasteiger charge is -2.33. The molecule has 1 saturated heterocycles. The summed E-state index contributed by atoms with van der Waals surface area (Å²) in [6.07, 6.45) is 1.62. The monoisotopic (exact) mass is 324 g/mol. The number of hydrogen-bond acceptors (Lipinski definition) is 5. The first-order valence-corrected chi connectivity index (χ1v) is 8.36. The fraction of sp³-hybridized carbons (Fsp3) is 0.765. The standard InChI is InChI=1S/C17H28N2O4/c1-5-16(21)18-10-14-13(20)7-6-12(22-14)8-11-9-15(23-19-11)17(2,3)4/h9,12-14,20H,5-8,10H2,1-4H3,(H,18,21). The molecule has 0 radical (unpaired) electrons. The highest BCUT2D eigenvalue weighted by atomic mass is 16.5. The zero-order valence-corrected chi connectivity index (χ0v) is 14.5. The van der Waals surface area contributed by atoms with Crippen LogP contribution in [0, 0.1) is 0 Å². The van der Waals surface area contributed by atoms with E-state index in [9.17, 15) is 9.90 Å². The highest BCUT2D eigenvalue weighted by Gasteiger charge is 2.31. The van der Waals surface area contributed by atoms with Gasteiger partial charge in [0.15, 0.2) is 0 Å². The molecule has 0 aromatic carbocycles. The zero-order chi connectivity index (χ0) is 17.0. The third kappa shape index (κ3) is 5.04. The number of aliphatic hydroxyl groups is 1. The number of ether oxygens (including phenoxy) is 1. The van der Waals surface area contributed by atoms with Crippen LogP contribution in [0.3, 0.4) is 0 Å². The number of aliphatic hydroxyl groups excluding tert-OH is 1. The van der Waals surface area contributed by atoms with E-state index in [1.54, 1.807) is 6.92 Å². The van der Waals surface area contributed by atoms with Gasteiger partial charge < -0.3 is 19.7 Å². The Hall–Kier alpha value is -1.40. The largest absolute Gasteiger partial charge is 0.390 e. The lowest BCUT2D eigenvalue weighted by molar-refractivity contribution is -0.128. The fourth-order valence-electron chi connectivity index (χ4n) is 2.62. The first-order chi connectivity index (χ1) is 10.8. The number of nitrogens with one attached hydrogen (secondary N) is 1. The second kappa shape index (κ2) is 7.45. The van der Waals surface area contributed by atoms with Gasteiger partial charge in [-0.25, -0.2) is 0 Å². The number of aromatic nitrogens is 1. The van der Waals surface area contributed by atoms with Crippen molar-refractivity contribution in [2.24, 2.45) is 0 Å². The minimum Gasteiger partial charge on any atom is -0.390 e. The smallest absolute Gasteiger partial charge is 0.219 e. The van der Waals surface area contributed by atoms with Crippen LogP contribution in [0.2, 0.25) is 0 Å². The van der Waals surface area contributed by atoms with Crippen LogP contribution in [0.15, 0.2) is 10.6 Å². The maximum Gasteiger partial charge on any atom is 0.219 e. The molecule has 2 N–H and O–H groups in total. The average molecular weight is 324 g/mol. The first-order valence-electron chi connectivity index (χ1n) is 8.36. The summed E-state index contributed by atoms with van der Waals surface area (Å²) >= 11 is 0. The van der Waals surface area contributed by atoms with Crippen molar-refractivity contribution < 1.29 is 19.2 Å². The summed E-state index contributed by atoms with van der Waals surface area (Å²) in [5.41, 5.74) is 0.801. The van der Waals surface area contributed by atoms with Gasteiger partial charge in [0, 0.05) is 30.9 Å². The lowest BCUT2D eigenvalue weighted by atomic mass is 9.92. The molecule has 1 aliphatic rings. The van der Waals surface area contributed by atoms with Gasteiger partial charge in [-0.3, -0.25) is 4.79 Å². The van der Waals surface area contributed by atoms with Gasteiger partial charge in [-0.15, -0.1) is 0 Å². The molecule has 0 aliphatic carbocycles. The Labute approximate surface area is 137 Å². The fourth-order valence-corrected chi connectivity index (χ4v) is 2.62. The Morgan fingerprint density at radius 3 is 2.78 bits per heavy atom. The molecule has 2 rings (SSSR count). The molecule has 23 heavy (non-hydrogen) atoms. The van der Waals surface area contributed by atoms with Gasteiger partial charge in [0.25, 0.3) is 0 Å². The Bertz CT molecular complexity index is 521. The van der Waals surface area contributed by atoms with E-state index in [1.807, 2.05) is 6.07 Å². The van der Waals surface area contributed by atoms with Gasteiger partial charge >= 0.3 is 0 Å². The number of nitrogens with zero attached hydrogens (tertiary/aromatic N) is 1. The third-order valence-electron chi connectivity index (χ3n) is 4.14. The van der Waals surface area contributed by atoms with Crippen molar-refractivity contribution in [2.75, 3.05) is 6.54 Å². The molecule has 1 aromatic rings. The molecule has 2 heterocycles. The molecular formula is C17H28N2O4. The highest BCUT2D eigenvalue weighted by Crippen LogP contribution is 2.26. The molecule has 3 atom stereocenters. The van der Waals surface area contributed by atoms with Crippen molar-refractivity contribution >= 4 is 5.91 Å². The molecule has 0 saturated carbocycles. The molecule has 0 bridgehead atoms. The molecule has 130 valence electrons. The third-order valence-corrected chi connectivity index (χ3v) is 4.14. The minimum absolute atomic E-state index is 0.0140. The van der Waals surface area contributed by atoms with Crippen molar-refractivity contribution in [3.05, 3.63) is 17.5 Å². The van der Waals surface area contributed by atoms with E-state index in [0.717, 1.165) is 17.9 Å². The van der Waals surface area contributed by atoms with Crippen molar-refractivity contribution in [3.63, 3.8) is 0 Å². The van der Waals surface area contributed by atoms with Crippen LogP contribution < -0.4 is 5.32 Å². The Kier molecular flexibility index (Phi) is 5.81. The van der Waals surface area contributed by atoms with Crippen molar-refractivity contribution in [3.8, 4) is 0 Å². The molecule has 6 heteroatoms. The highest BCUT2D eigenvalue weighted by molar-refractivity contribution is 5.75. The van der Waals surface area contributed by atoms with E-state index in [1.165, 1.54) is 0 Å². The Morgan fingerprint density at radius 2 is 2.17 bits per heavy atom. The predicted octanol–water partition coefficient (Wildman–Crippen LogP) is 1.95. The molecule has 1 fully saturated rings. The number of rotatable bonds is 5. The van der Waals surface area contributed by atoms with Gasteiger partial charge in [0.05, 0.1) is 17.9 Å². The maximum absolute atomic E-state index is 11.4. The van der Waals surface area contributed by atoms with Gasteiger partial charge in [-0.2, -0.15) is 0 Å². The second-order valence-corrected chi connectivity index (χ2v) is 7.24. The van der Waals surface area contributed by atoms with Crippen molar-refractivity contribution in [2.45, 2.75) is 77.1 Å². The summed E-state index contributed by atoms with van der Waals surface area (Å²) in [7, 11) is 0. The Balaban J connectivity index is 1.90. The van der Waals surface area contributed by atoms with E-state index in [-0.39, 0.29) is 23.5 Å². The maximum atomic E-state index is 11.4. The summed E-state index contributed by atoms with van der Waals surface area (Å²) < 4.78 is 11.3. The van der Waals surface area contributed by atoms with Crippen LogP contribution in [-0.4, -0.2) is 41.0 Å². The molecule has 1 amide bonds. The van der Waals surface area contributed by atoms with Gasteiger partial charge in [-0.1, -0.05) is 32.9 Å². The molecule has 3 unspecified atom stereocenters. The van der Waals surface area contributed by atoms with Gasteiger partial charge in [0.1, 0.15) is 11.9 Å². The SMILES string of the molecule is CCC(=O)NCC1OC(Cc2cc(C(C)(C)C)on2)CCC1O. The molecular weight excluding hydrogens is 296 g/mol. The topological polar surface area (TPSA) is 84.6 Å². The van der Waals surface area contributed by atoms with E-state index >= 15 is 0 Å². The molecule has 1 aromatic heterocycles. The van der Waals surface area contributed by atoms with Gasteiger partial charge in [0.2, 0.25) is 5.91 Å². The van der Waals surface area contributed by atoms with E-state index < -0.39 is 6.10 Å². The normalized spacial score (nSPS) is 25.3. The Morgan fingerprint density at radius 1 is 1.43 bits per heavy atom. The van der Waals surface area contributed by atoms with Gasteiger partial charge in [-0.05, 0) is 12.8 Å². The second-order valence-electron chi connectivity index (χ2n) is 7.24. The quantitative estimate of drug-likeness (QED) is 0.865. The first kappa shape index (κ1) is 17.9. The number of amides is 1. The summed E-state index contributed by atoms with van der Waals surface area (Å²) in [5.74, 6) is 0.823. The molecule has 6 nitrogen and oxygen atoms in total. The van der Waals surface area contributed by atoms with E-state index in [2.05, 4.69) is 31.2 Å². The number of hydrogen-bond donors (Lipinski definition) is 2. The average Bonchev–Trinajstić information content (AvgIpc) is 2.96. The van der Waals surface area contributed by atoms with Crippen LogP contribution >= 0.6 is 0 Å². The number of carbonyl (C=O) groups excluding carboxylic acids is 1. The van der Waals surface area contributed by atoms with Crippen LogP contribution in [0.4, 0.5) is 0 Å². The van der Waals surface area contributed by atoms with Crippen LogP contribution in [0.25, 0.3) is 0 Å². The summed E-state index contributed by atoms with van der Waals surface area (Å²) in [6, 6.07) is 1.97. The predicted molar refractivity (Wildman–Crippen MR) is 86.1 cm³/mol. The van der Waals surface area contributed by atoms with Crippen LogP contribution in [0.1, 0.15) is 58.4 Å². The minimum atomic E-state index is -0.536. The lowest BCUT2D eigenvalue weighted by Crippen LogP contribution is -2.46. The van der Waals surface area contributed by atoms with Crippen molar-refractivity contribution in [1.82, 2.24) is 10.5 Å². The summed E-state index contributed by atoms with van der Waals surface area (Å²) in [4.78, 5) is 11.4. The zero-order valence-electron chi connectivity index (χ0n) is 14.5. The van der Waals surface area contributed by atoms with E-state index in [4.69, 9.17) is 9.26 Å². The van der Waals surface area contributed by atoms with Crippen LogP contribution in [-0.2, 0) is 21.4 Å². The molecule has 0 spiro atoms. The van der Waals surface area contributed by atoms with Crippen LogP contribution in [0.5, 0.6) is 0 Å². The van der Waals surface area contributed by atoms with E-state index in [0.29, 0.717) is 25.8 Å². The number of carbonyl (C=O) groups is 1. The van der Waals surface area contributed by atoms with Crippen molar-refractivity contribution in [1.29, 1.82) is 0 Å². The summed E-state index contributed by atoms with van der Waals surface area (Å²) in [6.45, 7) is 8.38. The molecule has 1 aliphatic heterocycles. The summed E-state index contributed by atoms with van der Waals surface area (Å²) in [5, 5.41) is 16.9.